The molecule has 0 saturated carbocycles. The highest BCUT2D eigenvalue weighted by atomic mass is 16.6. The Hall–Kier alpha value is -3.68. The van der Waals surface area contributed by atoms with E-state index in [1.807, 2.05) is 0 Å². The minimum atomic E-state index is -0.633. The molecule has 8 nitrogen and oxygen atoms in total. The SMILES string of the molecule is NC(=O)COc1ccc2c(-c3cccc([N+](=O)[O-])c3)cc(=O)oc2c1. The van der Waals surface area contributed by atoms with Crippen molar-refractivity contribution in [3.05, 3.63) is 69.1 Å². The van der Waals surface area contributed by atoms with Gasteiger partial charge in [-0.1, -0.05) is 12.1 Å². The number of fused-ring (bicyclic) bond motifs is 1. The molecular weight excluding hydrogens is 328 g/mol. The van der Waals surface area contributed by atoms with Gasteiger partial charge in [0.05, 0.1) is 4.92 Å². The first kappa shape index (κ1) is 16.2. The predicted molar refractivity (Wildman–Crippen MR) is 89.3 cm³/mol. The third-order valence-electron chi connectivity index (χ3n) is 3.47. The molecule has 0 radical (unpaired) electrons. The summed E-state index contributed by atoms with van der Waals surface area (Å²) in [6.07, 6.45) is 0. The summed E-state index contributed by atoms with van der Waals surface area (Å²) in [4.78, 5) is 33.1. The summed E-state index contributed by atoms with van der Waals surface area (Å²) in [5.74, 6) is -0.322. The van der Waals surface area contributed by atoms with Crippen molar-refractivity contribution in [2.75, 3.05) is 6.61 Å². The summed E-state index contributed by atoms with van der Waals surface area (Å²) in [5, 5.41) is 11.5. The van der Waals surface area contributed by atoms with Crippen LogP contribution >= 0.6 is 0 Å². The van der Waals surface area contributed by atoms with E-state index in [-0.39, 0.29) is 17.9 Å². The van der Waals surface area contributed by atoms with Crippen LogP contribution in [0.15, 0.2) is 57.7 Å². The summed E-state index contributed by atoms with van der Waals surface area (Å²) in [6.45, 7) is -0.305. The highest BCUT2D eigenvalue weighted by Crippen LogP contribution is 2.31. The second-order valence-corrected chi connectivity index (χ2v) is 5.20. The number of ether oxygens (including phenoxy) is 1. The summed E-state index contributed by atoms with van der Waals surface area (Å²) in [5.41, 5.74) is 5.57. The van der Waals surface area contributed by atoms with Gasteiger partial charge in [0.15, 0.2) is 6.61 Å². The van der Waals surface area contributed by atoms with Crippen LogP contribution < -0.4 is 16.1 Å². The smallest absolute Gasteiger partial charge is 0.336 e. The Kier molecular flexibility index (Phi) is 4.17. The van der Waals surface area contributed by atoms with Gasteiger partial charge in [-0.3, -0.25) is 14.9 Å². The number of hydrogen-bond acceptors (Lipinski definition) is 6. The number of nitro benzene ring substituents is 1. The van der Waals surface area contributed by atoms with Crippen molar-refractivity contribution in [2.24, 2.45) is 5.73 Å². The fourth-order valence-electron chi connectivity index (χ4n) is 2.41. The molecule has 0 aliphatic carbocycles. The molecule has 126 valence electrons. The number of nitrogens with zero attached hydrogens (tertiary/aromatic N) is 1. The van der Waals surface area contributed by atoms with Gasteiger partial charge in [-0.2, -0.15) is 0 Å². The van der Waals surface area contributed by atoms with Crippen molar-refractivity contribution in [3.8, 4) is 16.9 Å². The molecular formula is C17H12N2O6. The van der Waals surface area contributed by atoms with Crippen LogP contribution in [0.5, 0.6) is 5.75 Å². The maximum Gasteiger partial charge on any atom is 0.336 e. The minimum Gasteiger partial charge on any atom is -0.484 e. The number of benzene rings is 2. The molecule has 8 heteroatoms. The normalized spacial score (nSPS) is 10.6. The predicted octanol–water partition coefficient (Wildman–Crippen LogP) is 2.23. The zero-order valence-electron chi connectivity index (χ0n) is 12.8. The van der Waals surface area contributed by atoms with Crippen LogP contribution in [0.2, 0.25) is 0 Å². The molecule has 0 fully saturated rings. The summed E-state index contributed by atoms with van der Waals surface area (Å²) >= 11 is 0. The second-order valence-electron chi connectivity index (χ2n) is 5.20. The first-order chi connectivity index (χ1) is 11.9. The lowest BCUT2D eigenvalue weighted by atomic mass is 10.0. The Morgan fingerprint density at radius 1 is 1.20 bits per heavy atom. The van der Waals surface area contributed by atoms with Crippen LogP contribution in [0.3, 0.4) is 0 Å². The van der Waals surface area contributed by atoms with E-state index in [0.29, 0.717) is 22.3 Å². The molecule has 0 atom stereocenters. The lowest BCUT2D eigenvalue weighted by Gasteiger charge is -2.08. The van der Waals surface area contributed by atoms with Gasteiger partial charge in [0, 0.05) is 35.2 Å². The fraction of sp³-hybridized carbons (Fsp3) is 0.0588. The average Bonchev–Trinajstić information content (AvgIpc) is 2.59. The number of nitro groups is 1. The van der Waals surface area contributed by atoms with Crippen molar-refractivity contribution in [2.45, 2.75) is 0 Å². The molecule has 3 aromatic rings. The number of carbonyl (C=O) groups is 1. The van der Waals surface area contributed by atoms with E-state index in [0.717, 1.165) is 0 Å². The molecule has 1 heterocycles. The van der Waals surface area contributed by atoms with E-state index in [9.17, 15) is 19.7 Å². The van der Waals surface area contributed by atoms with E-state index in [1.54, 1.807) is 18.2 Å². The molecule has 1 aromatic heterocycles. The molecule has 1 amide bonds. The lowest BCUT2D eigenvalue weighted by Crippen LogP contribution is -2.19. The van der Waals surface area contributed by atoms with Gasteiger partial charge in [0.1, 0.15) is 11.3 Å². The summed E-state index contributed by atoms with van der Waals surface area (Å²) in [7, 11) is 0. The first-order valence-electron chi connectivity index (χ1n) is 7.18. The van der Waals surface area contributed by atoms with Gasteiger partial charge in [0.2, 0.25) is 0 Å². The maximum atomic E-state index is 11.9. The maximum absolute atomic E-state index is 11.9. The van der Waals surface area contributed by atoms with Crippen molar-refractivity contribution >= 4 is 22.6 Å². The largest absolute Gasteiger partial charge is 0.484 e. The number of hydrogen-bond donors (Lipinski definition) is 1. The summed E-state index contributed by atoms with van der Waals surface area (Å²) < 4.78 is 10.3. The average molecular weight is 340 g/mol. The number of carbonyl (C=O) groups excluding carboxylic acids is 1. The zero-order chi connectivity index (χ0) is 18.0. The highest BCUT2D eigenvalue weighted by Gasteiger charge is 2.12. The van der Waals surface area contributed by atoms with Gasteiger partial charge in [-0.15, -0.1) is 0 Å². The second kappa shape index (κ2) is 6.44. The van der Waals surface area contributed by atoms with E-state index in [2.05, 4.69) is 0 Å². The quantitative estimate of drug-likeness (QED) is 0.431. The van der Waals surface area contributed by atoms with Crippen LogP contribution in [0.4, 0.5) is 5.69 Å². The van der Waals surface area contributed by atoms with Crippen molar-refractivity contribution in [1.29, 1.82) is 0 Å². The van der Waals surface area contributed by atoms with Gasteiger partial charge in [-0.25, -0.2) is 4.79 Å². The third kappa shape index (κ3) is 3.47. The molecule has 0 saturated heterocycles. The molecule has 0 unspecified atom stereocenters. The molecule has 0 spiro atoms. The highest BCUT2D eigenvalue weighted by molar-refractivity contribution is 5.94. The monoisotopic (exact) mass is 340 g/mol. The third-order valence-corrected chi connectivity index (χ3v) is 3.47. The van der Waals surface area contributed by atoms with Crippen LogP contribution in [0.25, 0.3) is 22.1 Å². The number of rotatable bonds is 5. The molecule has 0 bridgehead atoms. The standard InChI is InChI=1S/C17H12N2O6/c18-16(20)9-24-12-4-5-13-14(8-17(21)25-15(13)7-12)10-2-1-3-11(6-10)19(22)23/h1-8H,9H2,(H2,18,20). The Morgan fingerprint density at radius 2 is 2.00 bits per heavy atom. The van der Waals surface area contributed by atoms with E-state index < -0.39 is 16.5 Å². The van der Waals surface area contributed by atoms with Crippen molar-refractivity contribution in [1.82, 2.24) is 0 Å². The molecule has 0 aliphatic heterocycles. The van der Waals surface area contributed by atoms with Gasteiger partial charge in [-0.05, 0) is 17.7 Å². The Morgan fingerprint density at radius 3 is 2.72 bits per heavy atom. The number of amides is 1. The number of non-ortho nitro benzene ring substituents is 1. The van der Waals surface area contributed by atoms with Crippen molar-refractivity contribution < 1.29 is 18.9 Å². The Labute approximate surface area is 140 Å². The minimum absolute atomic E-state index is 0.0831. The fourth-order valence-corrected chi connectivity index (χ4v) is 2.41. The molecule has 3 rings (SSSR count). The lowest BCUT2D eigenvalue weighted by molar-refractivity contribution is -0.384. The van der Waals surface area contributed by atoms with E-state index in [4.69, 9.17) is 14.9 Å². The van der Waals surface area contributed by atoms with Crippen LogP contribution in [-0.4, -0.2) is 17.4 Å². The zero-order valence-corrected chi connectivity index (χ0v) is 12.8. The van der Waals surface area contributed by atoms with Gasteiger partial charge < -0.3 is 14.9 Å². The molecule has 25 heavy (non-hydrogen) atoms. The molecule has 2 aromatic carbocycles. The molecule has 2 N–H and O–H groups in total. The topological polar surface area (TPSA) is 126 Å². The van der Waals surface area contributed by atoms with Gasteiger partial charge >= 0.3 is 5.63 Å². The van der Waals surface area contributed by atoms with Crippen molar-refractivity contribution in [3.63, 3.8) is 0 Å². The van der Waals surface area contributed by atoms with Crippen LogP contribution in [-0.2, 0) is 4.79 Å². The molecule has 0 aliphatic rings. The summed E-state index contributed by atoms with van der Waals surface area (Å²) in [6, 6.07) is 11.9. The van der Waals surface area contributed by atoms with Gasteiger partial charge in [0.25, 0.3) is 11.6 Å². The van der Waals surface area contributed by atoms with Crippen LogP contribution in [0.1, 0.15) is 0 Å². The number of primary amides is 1. The Balaban J connectivity index is 2.12. The van der Waals surface area contributed by atoms with E-state index in [1.165, 1.54) is 30.3 Å². The first-order valence-corrected chi connectivity index (χ1v) is 7.18. The van der Waals surface area contributed by atoms with Crippen LogP contribution in [0, 0.1) is 10.1 Å². The van der Waals surface area contributed by atoms with E-state index >= 15 is 0 Å². The Bertz CT molecular complexity index is 1040. The number of nitrogens with two attached hydrogens (primary N) is 1.